The molecule has 2 aromatic heterocycles. The summed E-state index contributed by atoms with van der Waals surface area (Å²) in [7, 11) is 3.81. The average Bonchev–Trinajstić information content (AvgIpc) is 3.09. The number of piperazine rings is 1. The Bertz CT molecular complexity index is 741. The minimum absolute atomic E-state index is 0. The predicted molar refractivity (Wildman–Crippen MR) is 96.0 cm³/mol. The van der Waals surface area contributed by atoms with E-state index in [1.807, 2.05) is 43.6 Å². The molecule has 8 nitrogen and oxygen atoms in total. The monoisotopic (exact) mass is 368 g/mol. The van der Waals surface area contributed by atoms with Gasteiger partial charge in [-0.1, -0.05) is 0 Å². The summed E-state index contributed by atoms with van der Waals surface area (Å²) < 4.78 is 9.49. The number of aromatic nitrogens is 4. The lowest BCUT2D eigenvalue weighted by molar-refractivity contribution is -0.137. The minimum Gasteiger partial charge on any atom is -0.480 e. The molecule has 1 saturated heterocycles. The van der Waals surface area contributed by atoms with Gasteiger partial charge in [0.2, 0.25) is 0 Å². The molecule has 1 fully saturated rings. The van der Waals surface area contributed by atoms with Crippen LogP contribution in [0.4, 0.5) is 0 Å². The normalized spacial score (nSPS) is 17.3. The first kappa shape index (κ1) is 19.3. The second-order valence-corrected chi connectivity index (χ2v) is 6.12. The lowest BCUT2D eigenvalue weighted by Crippen LogP contribution is -2.50. The third-order valence-electron chi connectivity index (χ3n) is 4.50. The van der Waals surface area contributed by atoms with Gasteiger partial charge in [0.05, 0.1) is 5.69 Å². The van der Waals surface area contributed by atoms with Crippen LogP contribution in [-0.4, -0.2) is 56.4 Å². The Hall–Kier alpha value is -2.06. The number of hydrogen-bond acceptors (Lipinski definition) is 5. The van der Waals surface area contributed by atoms with Gasteiger partial charge in [-0.3, -0.25) is 9.48 Å². The van der Waals surface area contributed by atoms with Crippen molar-refractivity contribution >= 4 is 18.3 Å². The Kier molecular flexibility index (Phi) is 6.07. The Morgan fingerprint density at radius 2 is 2.16 bits per heavy atom. The maximum Gasteiger partial charge on any atom is 0.261 e. The van der Waals surface area contributed by atoms with Crippen molar-refractivity contribution in [3.05, 3.63) is 29.6 Å². The second-order valence-electron chi connectivity index (χ2n) is 6.12. The molecule has 25 heavy (non-hydrogen) atoms. The number of carbonyl (C=O) groups excluding carboxylic acids is 1. The zero-order valence-corrected chi connectivity index (χ0v) is 15.8. The highest BCUT2D eigenvalue weighted by Crippen LogP contribution is 2.23. The lowest BCUT2D eigenvalue weighted by Gasteiger charge is -2.35. The number of halogens is 1. The highest BCUT2D eigenvalue weighted by Gasteiger charge is 2.30. The molecule has 1 aliphatic rings. The molecule has 3 rings (SSSR count). The van der Waals surface area contributed by atoms with Crippen LogP contribution in [0.5, 0.6) is 5.75 Å². The van der Waals surface area contributed by atoms with Crippen LogP contribution in [0.25, 0.3) is 0 Å². The molecule has 9 heteroatoms. The Balaban J connectivity index is 0.00000225. The van der Waals surface area contributed by atoms with Crippen molar-refractivity contribution in [2.24, 2.45) is 14.1 Å². The van der Waals surface area contributed by atoms with Crippen LogP contribution in [0, 0.1) is 13.8 Å². The number of hydrogen-bond donors (Lipinski definition) is 1. The standard InChI is InChI=1S/C16H24N6O2.ClH/c1-11-15(12(2)21(4)19-11)24-10-14(23)22-8-5-17-9-13(22)16-18-6-7-20(16)3;/h6-7,13,17H,5,8-10H2,1-4H3;1H. The summed E-state index contributed by atoms with van der Waals surface area (Å²) in [6.07, 6.45) is 3.65. The highest BCUT2D eigenvalue weighted by molar-refractivity contribution is 5.85. The van der Waals surface area contributed by atoms with Crippen molar-refractivity contribution in [1.82, 2.24) is 29.5 Å². The third kappa shape index (κ3) is 3.80. The number of aryl methyl sites for hydroxylation is 3. The van der Waals surface area contributed by atoms with Crippen LogP contribution in [0.1, 0.15) is 23.3 Å². The Morgan fingerprint density at radius 3 is 2.76 bits per heavy atom. The Morgan fingerprint density at radius 1 is 1.40 bits per heavy atom. The topological polar surface area (TPSA) is 77.2 Å². The summed E-state index contributed by atoms with van der Waals surface area (Å²) in [4.78, 5) is 19.0. The zero-order chi connectivity index (χ0) is 17.3. The van der Waals surface area contributed by atoms with Gasteiger partial charge >= 0.3 is 0 Å². The van der Waals surface area contributed by atoms with E-state index in [0.717, 1.165) is 23.8 Å². The number of nitrogens with zero attached hydrogens (tertiary/aromatic N) is 5. The average molecular weight is 369 g/mol. The highest BCUT2D eigenvalue weighted by atomic mass is 35.5. The van der Waals surface area contributed by atoms with Crippen LogP contribution in [0.3, 0.4) is 0 Å². The summed E-state index contributed by atoms with van der Waals surface area (Å²) in [5.74, 6) is 1.53. The van der Waals surface area contributed by atoms with Gasteiger partial charge in [-0.2, -0.15) is 5.10 Å². The van der Waals surface area contributed by atoms with Gasteiger partial charge in [0.15, 0.2) is 12.4 Å². The van der Waals surface area contributed by atoms with Crippen molar-refractivity contribution in [3.8, 4) is 5.75 Å². The minimum atomic E-state index is -0.0778. The number of carbonyl (C=O) groups is 1. The third-order valence-corrected chi connectivity index (χ3v) is 4.50. The molecule has 0 radical (unpaired) electrons. The first-order chi connectivity index (χ1) is 11.5. The first-order valence-corrected chi connectivity index (χ1v) is 8.09. The van der Waals surface area contributed by atoms with E-state index in [9.17, 15) is 4.79 Å². The van der Waals surface area contributed by atoms with Crippen LogP contribution >= 0.6 is 12.4 Å². The summed E-state index contributed by atoms with van der Waals surface area (Å²) in [6.45, 7) is 5.94. The number of amides is 1. The molecule has 1 N–H and O–H groups in total. The largest absolute Gasteiger partial charge is 0.480 e. The number of rotatable bonds is 4. The van der Waals surface area contributed by atoms with E-state index in [1.54, 1.807) is 10.9 Å². The van der Waals surface area contributed by atoms with Gasteiger partial charge in [0, 0.05) is 46.1 Å². The molecular weight excluding hydrogens is 344 g/mol. The van der Waals surface area contributed by atoms with Crippen LogP contribution in [-0.2, 0) is 18.9 Å². The quantitative estimate of drug-likeness (QED) is 0.861. The molecule has 1 aliphatic heterocycles. The molecule has 1 unspecified atom stereocenters. The molecular formula is C16H25ClN6O2. The van der Waals surface area contributed by atoms with Crippen LogP contribution < -0.4 is 10.1 Å². The fourth-order valence-electron chi connectivity index (χ4n) is 3.11. The van der Waals surface area contributed by atoms with Gasteiger partial charge in [-0.05, 0) is 13.8 Å². The van der Waals surface area contributed by atoms with E-state index < -0.39 is 0 Å². The molecule has 138 valence electrons. The SMILES string of the molecule is Cc1nn(C)c(C)c1OCC(=O)N1CCNCC1c1nccn1C.Cl. The fraction of sp³-hybridized carbons (Fsp3) is 0.562. The molecule has 0 aromatic carbocycles. The van der Waals surface area contributed by atoms with E-state index in [-0.39, 0.29) is 31.0 Å². The second kappa shape index (κ2) is 7.88. The van der Waals surface area contributed by atoms with Crippen molar-refractivity contribution in [2.75, 3.05) is 26.2 Å². The van der Waals surface area contributed by atoms with Crippen LogP contribution in [0.2, 0.25) is 0 Å². The number of ether oxygens (including phenoxy) is 1. The maximum absolute atomic E-state index is 12.7. The van der Waals surface area contributed by atoms with Gasteiger partial charge in [-0.15, -0.1) is 12.4 Å². The molecule has 0 saturated carbocycles. The van der Waals surface area contributed by atoms with E-state index in [1.165, 1.54) is 0 Å². The molecule has 0 bridgehead atoms. The van der Waals surface area contributed by atoms with E-state index >= 15 is 0 Å². The molecule has 3 heterocycles. The van der Waals surface area contributed by atoms with Gasteiger partial charge in [0.25, 0.3) is 5.91 Å². The van der Waals surface area contributed by atoms with E-state index in [0.29, 0.717) is 18.8 Å². The van der Waals surface area contributed by atoms with Gasteiger partial charge in [0.1, 0.15) is 17.6 Å². The van der Waals surface area contributed by atoms with E-state index in [2.05, 4.69) is 15.4 Å². The molecule has 0 aliphatic carbocycles. The lowest BCUT2D eigenvalue weighted by atomic mass is 10.1. The maximum atomic E-state index is 12.7. The van der Waals surface area contributed by atoms with E-state index in [4.69, 9.17) is 4.74 Å². The zero-order valence-electron chi connectivity index (χ0n) is 15.0. The molecule has 1 atom stereocenters. The Labute approximate surface area is 153 Å². The smallest absolute Gasteiger partial charge is 0.261 e. The first-order valence-electron chi connectivity index (χ1n) is 8.09. The molecule has 1 amide bonds. The predicted octanol–water partition coefficient (Wildman–Crippen LogP) is 0.744. The van der Waals surface area contributed by atoms with Gasteiger partial charge < -0.3 is 19.5 Å². The summed E-state index contributed by atoms with van der Waals surface area (Å²) in [5, 5.41) is 7.64. The molecule has 0 spiro atoms. The fourth-order valence-corrected chi connectivity index (χ4v) is 3.11. The number of nitrogens with one attached hydrogen (secondary N) is 1. The van der Waals surface area contributed by atoms with Crippen molar-refractivity contribution < 1.29 is 9.53 Å². The van der Waals surface area contributed by atoms with Gasteiger partial charge in [-0.25, -0.2) is 4.98 Å². The summed E-state index contributed by atoms with van der Waals surface area (Å²) >= 11 is 0. The number of imidazole rings is 1. The van der Waals surface area contributed by atoms with Crippen molar-refractivity contribution in [2.45, 2.75) is 19.9 Å². The molecule has 2 aromatic rings. The van der Waals surface area contributed by atoms with Crippen molar-refractivity contribution in [3.63, 3.8) is 0 Å². The summed E-state index contributed by atoms with van der Waals surface area (Å²) in [5.41, 5.74) is 1.71. The van der Waals surface area contributed by atoms with Crippen molar-refractivity contribution in [1.29, 1.82) is 0 Å². The summed E-state index contributed by atoms with van der Waals surface area (Å²) in [6, 6.07) is -0.0778. The van der Waals surface area contributed by atoms with Crippen LogP contribution in [0.15, 0.2) is 12.4 Å².